The summed E-state index contributed by atoms with van der Waals surface area (Å²) in [5, 5.41) is 19.3. The lowest BCUT2D eigenvalue weighted by molar-refractivity contribution is -0.0655. The molecule has 0 bridgehead atoms. The van der Waals surface area contributed by atoms with E-state index in [9.17, 15) is 0 Å². The van der Waals surface area contributed by atoms with Crippen LogP contribution in [0, 0.1) is 0 Å². The zero-order valence-electron chi connectivity index (χ0n) is 7.21. The average Bonchev–Trinajstić information content (AvgIpc) is 1.96. The van der Waals surface area contributed by atoms with Gasteiger partial charge in [-0.1, -0.05) is 32.6 Å². The van der Waals surface area contributed by atoms with Gasteiger partial charge < -0.3 is 10.2 Å². The van der Waals surface area contributed by atoms with Crippen molar-refractivity contribution in [3.8, 4) is 0 Å². The van der Waals surface area contributed by atoms with E-state index in [0.717, 1.165) is 6.42 Å². The average molecular weight is 161 g/mol. The van der Waals surface area contributed by atoms with E-state index in [1.807, 2.05) is 0 Å². The molecule has 0 fully saturated rings. The Hall–Kier alpha value is -0.120. The molecule has 0 aromatic carbocycles. The summed E-state index contributed by atoms with van der Waals surface area (Å²) in [6, 6.07) is 0. The van der Waals surface area contributed by atoms with Crippen LogP contribution in [0.5, 0.6) is 0 Å². The van der Waals surface area contributed by atoms with Crippen molar-refractivity contribution in [1.29, 1.82) is 0 Å². The molecule has 0 radical (unpaired) electrons. The van der Waals surface area contributed by atoms with Gasteiger partial charge in [-0.3, -0.25) is 5.32 Å². The molecule has 0 aliphatic carbocycles. The van der Waals surface area contributed by atoms with Gasteiger partial charge in [0.25, 0.3) is 0 Å². The molecule has 68 valence electrons. The Morgan fingerprint density at radius 2 is 1.73 bits per heavy atom. The smallest absolute Gasteiger partial charge is 0.210 e. The fourth-order valence-electron chi connectivity index (χ4n) is 0.960. The number of hydrogen-bond acceptors (Lipinski definition) is 3. The third kappa shape index (κ3) is 9.88. The minimum absolute atomic E-state index is 0.696. The molecule has 0 unspecified atom stereocenters. The zero-order valence-corrected chi connectivity index (χ0v) is 7.21. The lowest BCUT2D eigenvalue weighted by Gasteiger charge is -2.04. The van der Waals surface area contributed by atoms with Crippen LogP contribution in [0.1, 0.15) is 39.0 Å². The largest absolute Gasteiger partial charge is 0.356 e. The lowest BCUT2D eigenvalue weighted by atomic mass is 10.1. The molecule has 0 aromatic heterocycles. The van der Waals surface area contributed by atoms with E-state index < -0.39 is 6.41 Å². The highest BCUT2D eigenvalue weighted by Gasteiger charge is 1.93. The van der Waals surface area contributed by atoms with Gasteiger partial charge in [-0.2, -0.15) is 0 Å². The molecular formula is C8H19NO2. The Bertz CT molecular complexity index is 76.5. The normalized spacial score (nSPS) is 10.9. The Morgan fingerprint density at radius 1 is 1.09 bits per heavy atom. The maximum absolute atomic E-state index is 8.40. The highest BCUT2D eigenvalue weighted by Crippen LogP contribution is 2.00. The lowest BCUT2D eigenvalue weighted by Crippen LogP contribution is -2.28. The fraction of sp³-hybridized carbons (Fsp3) is 1.00. The van der Waals surface area contributed by atoms with Gasteiger partial charge in [0.1, 0.15) is 0 Å². The molecule has 0 heterocycles. The number of rotatable bonds is 7. The van der Waals surface area contributed by atoms with E-state index in [4.69, 9.17) is 10.2 Å². The summed E-state index contributed by atoms with van der Waals surface area (Å²) in [5.74, 6) is 0. The van der Waals surface area contributed by atoms with Gasteiger partial charge in [0, 0.05) is 0 Å². The van der Waals surface area contributed by atoms with Crippen molar-refractivity contribution in [3.05, 3.63) is 0 Å². The maximum Gasteiger partial charge on any atom is 0.210 e. The fourth-order valence-corrected chi connectivity index (χ4v) is 0.960. The van der Waals surface area contributed by atoms with Crippen LogP contribution in [-0.4, -0.2) is 23.2 Å². The Labute approximate surface area is 68.4 Å². The van der Waals surface area contributed by atoms with E-state index in [0.29, 0.717) is 6.54 Å². The molecule has 0 saturated carbocycles. The van der Waals surface area contributed by atoms with E-state index in [-0.39, 0.29) is 0 Å². The molecule has 3 N–H and O–H groups in total. The quantitative estimate of drug-likeness (QED) is 0.382. The predicted octanol–water partition coefficient (Wildman–Crippen LogP) is 0.815. The molecule has 0 atom stereocenters. The highest BCUT2D eigenvalue weighted by molar-refractivity contribution is 4.45. The first-order valence-corrected chi connectivity index (χ1v) is 4.37. The first-order valence-electron chi connectivity index (χ1n) is 4.37. The molecule has 11 heavy (non-hydrogen) atoms. The summed E-state index contributed by atoms with van der Waals surface area (Å²) in [4.78, 5) is 0. The minimum atomic E-state index is -1.35. The second-order valence-corrected chi connectivity index (χ2v) is 2.74. The molecule has 0 aliphatic heterocycles. The molecule has 0 spiro atoms. The minimum Gasteiger partial charge on any atom is -0.356 e. The van der Waals surface area contributed by atoms with Gasteiger partial charge in [0.2, 0.25) is 6.41 Å². The summed E-state index contributed by atoms with van der Waals surface area (Å²) in [5.41, 5.74) is 0. The summed E-state index contributed by atoms with van der Waals surface area (Å²) >= 11 is 0. The second-order valence-electron chi connectivity index (χ2n) is 2.74. The van der Waals surface area contributed by atoms with Gasteiger partial charge in [0.15, 0.2) is 0 Å². The van der Waals surface area contributed by atoms with Crippen molar-refractivity contribution in [3.63, 3.8) is 0 Å². The summed E-state index contributed by atoms with van der Waals surface area (Å²) in [7, 11) is 0. The second kappa shape index (κ2) is 7.98. The molecule has 0 saturated heterocycles. The van der Waals surface area contributed by atoms with Crippen LogP contribution in [0.4, 0.5) is 0 Å². The van der Waals surface area contributed by atoms with Crippen LogP contribution in [-0.2, 0) is 0 Å². The van der Waals surface area contributed by atoms with Crippen LogP contribution in [0.25, 0.3) is 0 Å². The summed E-state index contributed by atoms with van der Waals surface area (Å²) in [6.45, 7) is 2.87. The van der Waals surface area contributed by atoms with Gasteiger partial charge in [-0.25, -0.2) is 0 Å². The maximum atomic E-state index is 8.40. The predicted molar refractivity (Wildman–Crippen MR) is 45.0 cm³/mol. The van der Waals surface area contributed by atoms with E-state index >= 15 is 0 Å². The Morgan fingerprint density at radius 3 is 2.27 bits per heavy atom. The van der Waals surface area contributed by atoms with E-state index in [1.54, 1.807) is 0 Å². The third-order valence-electron chi connectivity index (χ3n) is 1.61. The molecule has 0 aliphatic rings. The molecular weight excluding hydrogens is 142 g/mol. The van der Waals surface area contributed by atoms with Gasteiger partial charge in [-0.05, 0) is 13.0 Å². The van der Waals surface area contributed by atoms with Crippen LogP contribution in [0.15, 0.2) is 0 Å². The van der Waals surface area contributed by atoms with Crippen LogP contribution in [0.2, 0.25) is 0 Å². The van der Waals surface area contributed by atoms with Crippen LogP contribution >= 0.6 is 0 Å². The number of hydrogen-bond donors (Lipinski definition) is 3. The van der Waals surface area contributed by atoms with Crippen molar-refractivity contribution in [2.75, 3.05) is 6.54 Å². The first kappa shape index (κ1) is 10.9. The molecule has 3 heteroatoms. The molecule has 0 amide bonds. The van der Waals surface area contributed by atoms with E-state index in [1.165, 1.54) is 25.7 Å². The van der Waals surface area contributed by atoms with Gasteiger partial charge in [0.05, 0.1) is 0 Å². The van der Waals surface area contributed by atoms with E-state index in [2.05, 4.69) is 12.2 Å². The topological polar surface area (TPSA) is 52.5 Å². The van der Waals surface area contributed by atoms with Crippen molar-refractivity contribution in [1.82, 2.24) is 5.32 Å². The summed E-state index contributed by atoms with van der Waals surface area (Å²) in [6.07, 6.45) is 4.63. The SMILES string of the molecule is CCCCCCCNC(O)O. The highest BCUT2D eigenvalue weighted by atomic mass is 16.5. The summed E-state index contributed by atoms with van der Waals surface area (Å²) < 4.78 is 0. The van der Waals surface area contributed by atoms with Crippen LogP contribution in [0.3, 0.4) is 0 Å². The molecule has 3 nitrogen and oxygen atoms in total. The monoisotopic (exact) mass is 161 g/mol. The standard InChI is InChI=1S/C8H19NO2/c1-2-3-4-5-6-7-9-8(10)11/h8-11H,2-7H2,1H3. The first-order chi connectivity index (χ1) is 5.27. The Kier molecular flexibility index (Phi) is 7.89. The zero-order chi connectivity index (χ0) is 8.53. The van der Waals surface area contributed by atoms with Gasteiger partial charge in [-0.15, -0.1) is 0 Å². The third-order valence-corrected chi connectivity index (χ3v) is 1.61. The molecule has 0 rings (SSSR count). The Balaban J connectivity index is 2.80. The number of aliphatic hydroxyl groups excluding tert-OH is 1. The number of nitrogens with one attached hydrogen (secondary N) is 1. The number of aliphatic hydroxyl groups is 2. The van der Waals surface area contributed by atoms with Crippen molar-refractivity contribution in [2.24, 2.45) is 0 Å². The number of unbranched alkanes of at least 4 members (excludes halogenated alkanes) is 4. The van der Waals surface area contributed by atoms with Crippen molar-refractivity contribution < 1.29 is 10.2 Å². The van der Waals surface area contributed by atoms with Crippen molar-refractivity contribution in [2.45, 2.75) is 45.4 Å². The van der Waals surface area contributed by atoms with Gasteiger partial charge >= 0.3 is 0 Å². The van der Waals surface area contributed by atoms with Crippen molar-refractivity contribution >= 4 is 0 Å². The van der Waals surface area contributed by atoms with Crippen LogP contribution < -0.4 is 5.32 Å². The molecule has 0 aromatic rings.